The van der Waals surface area contributed by atoms with Crippen molar-refractivity contribution in [2.24, 2.45) is 5.73 Å². The Morgan fingerprint density at radius 1 is 1.48 bits per heavy atom. The van der Waals surface area contributed by atoms with Crippen molar-refractivity contribution in [2.75, 3.05) is 13.1 Å². The third-order valence-electron chi connectivity index (χ3n) is 2.70. The molecule has 0 radical (unpaired) electrons. The number of hydrogen-bond donors (Lipinski definition) is 2. The molecule has 1 aromatic heterocycles. The number of carbonyl (C=O) groups is 1. The minimum absolute atomic E-state index is 0.0584. The van der Waals surface area contributed by atoms with E-state index in [0.29, 0.717) is 25.2 Å². The highest BCUT2D eigenvalue weighted by Crippen LogP contribution is 2.15. The molecule has 0 saturated heterocycles. The van der Waals surface area contributed by atoms with Gasteiger partial charge in [0.25, 0.3) is 11.6 Å². The lowest BCUT2D eigenvalue weighted by Gasteiger charge is -2.00. The van der Waals surface area contributed by atoms with E-state index < -0.39 is 4.92 Å². The Morgan fingerprint density at radius 2 is 2.29 bits per heavy atom. The summed E-state index contributed by atoms with van der Waals surface area (Å²) < 4.78 is 1.31. The molecule has 110 valence electrons. The number of aromatic nitrogens is 3. The highest BCUT2D eigenvalue weighted by Gasteiger charge is 2.12. The molecule has 2 aromatic rings. The molecular formula is C12H14N6O3. The number of rotatable bonds is 6. The van der Waals surface area contributed by atoms with E-state index in [1.54, 1.807) is 6.07 Å². The fourth-order valence-corrected chi connectivity index (χ4v) is 1.64. The summed E-state index contributed by atoms with van der Waals surface area (Å²) in [6.45, 7) is 0.944. The molecule has 2 rings (SSSR count). The molecule has 0 atom stereocenters. The van der Waals surface area contributed by atoms with Crippen LogP contribution in [0.2, 0.25) is 0 Å². The predicted molar refractivity (Wildman–Crippen MR) is 74.0 cm³/mol. The van der Waals surface area contributed by atoms with Gasteiger partial charge in [0.1, 0.15) is 0 Å². The van der Waals surface area contributed by atoms with E-state index in [9.17, 15) is 14.9 Å². The Balaban J connectivity index is 2.14. The molecule has 0 bridgehead atoms. The van der Waals surface area contributed by atoms with Crippen molar-refractivity contribution in [1.29, 1.82) is 0 Å². The van der Waals surface area contributed by atoms with Gasteiger partial charge in [-0.05, 0) is 19.0 Å². The minimum atomic E-state index is -0.499. The van der Waals surface area contributed by atoms with Crippen LogP contribution in [0, 0.1) is 10.1 Å². The van der Waals surface area contributed by atoms with Crippen molar-refractivity contribution in [3.8, 4) is 5.69 Å². The zero-order chi connectivity index (χ0) is 15.2. The van der Waals surface area contributed by atoms with E-state index in [4.69, 9.17) is 5.73 Å². The van der Waals surface area contributed by atoms with Gasteiger partial charge in [-0.25, -0.2) is 4.68 Å². The highest BCUT2D eigenvalue weighted by atomic mass is 16.6. The van der Waals surface area contributed by atoms with Crippen LogP contribution < -0.4 is 11.1 Å². The lowest BCUT2D eigenvalue weighted by atomic mass is 10.3. The predicted octanol–water partition coefficient (Wildman–Crippen LogP) is 0.254. The quantitative estimate of drug-likeness (QED) is 0.446. The Hall–Kier alpha value is -2.81. The van der Waals surface area contributed by atoms with Gasteiger partial charge in [0.2, 0.25) is 0 Å². The zero-order valence-corrected chi connectivity index (χ0v) is 11.1. The molecule has 0 aliphatic rings. The monoisotopic (exact) mass is 290 g/mol. The molecule has 9 nitrogen and oxygen atoms in total. The topological polar surface area (TPSA) is 129 Å². The second-order valence-electron chi connectivity index (χ2n) is 4.22. The van der Waals surface area contributed by atoms with Crippen molar-refractivity contribution in [2.45, 2.75) is 6.42 Å². The van der Waals surface area contributed by atoms with E-state index in [0.717, 1.165) is 0 Å². The van der Waals surface area contributed by atoms with E-state index in [1.165, 1.54) is 29.1 Å². The van der Waals surface area contributed by atoms with Crippen LogP contribution in [0.3, 0.4) is 0 Å². The molecule has 0 unspecified atom stereocenters. The van der Waals surface area contributed by atoms with Crippen LogP contribution in [-0.4, -0.2) is 38.9 Å². The van der Waals surface area contributed by atoms with Crippen LogP contribution in [0.25, 0.3) is 5.69 Å². The summed E-state index contributed by atoms with van der Waals surface area (Å²) in [4.78, 5) is 22.0. The molecule has 1 heterocycles. The van der Waals surface area contributed by atoms with Crippen molar-refractivity contribution >= 4 is 11.6 Å². The maximum atomic E-state index is 11.8. The average Bonchev–Trinajstić information content (AvgIpc) is 2.97. The van der Waals surface area contributed by atoms with Crippen LogP contribution >= 0.6 is 0 Å². The van der Waals surface area contributed by atoms with Gasteiger partial charge in [0.15, 0.2) is 5.69 Å². The Labute approximate surface area is 119 Å². The van der Waals surface area contributed by atoms with Gasteiger partial charge >= 0.3 is 0 Å². The first-order chi connectivity index (χ1) is 10.1. The lowest BCUT2D eigenvalue weighted by Crippen LogP contribution is -2.26. The maximum Gasteiger partial charge on any atom is 0.273 e. The molecule has 1 amide bonds. The second-order valence-corrected chi connectivity index (χ2v) is 4.22. The number of non-ortho nitro benzene ring substituents is 1. The molecule has 0 aliphatic carbocycles. The smallest absolute Gasteiger partial charge is 0.273 e. The SMILES string of the molecule is NCCCNC(=O)c1cn(-c2cccc([N+](=O)[O-])c2)nn1. The van der Waals surface area contributed by atoms with Crippen LogP contribution in [0.5, 0.6) is 0 Å². The standard InChI is InChI=1S/C12H14N6O3/c13-5-2-6-14-12(19)11-8-17(16-15-11)9-3-1-4-10(7-9)18(20)21/h1,3-4,7-8H,2,5-6,13H2,(H,14,19). The highest BCUT2D eigenvalue weighted by molar-refractivity contribution is 5.91. The molecular weight excluding hydrogens is 276 g/mol. The number of nitro benzene ring substituents is 1. The first kappa shape index (κ1) is 14.6. The fourth-order valence-electron chi connectivity index (χ4n) is 1.64. The van der Waals surface area contributed by atoms with Crippen LogP contribution in [0.15, 0.2) is 30.5 Å². The van der Waals surface area contributed by atoms with Crippen LogP contribution in [0.4, 0.5) is 5.69 Å². The molecule has 3 N–H and O–H groups in total. The first-order valence-electron chi connectivity index (χ1n) is 6.27. The number of nitrogens with one attached hydrogen (secondary N) is 1. The van der Waals surface area contributed by atoms with Gasteiger partial charge in [-0.2, -0.15) is 0 Å². The summed E-state index contributed by atoms with van der Waals surface area (Å²) in [6.07, 6.45) is 2.08. The molecule has 0 aliphatic heterocycles. The Bertz CT molecular complexity index is 654. The molecule has 0 saturated carbocycles. The summed E-state index contributed by atoms with van der Waals surface area (Å²) in [5.41, 5.74) is 5.87. The summed E-state index contributed by atoms with van der Waals surface area (Å²) in [7, 11) is 0. The Morgan fingerprint density at radius 3 is 3.00 bits per heavy atom. The van der Waals surface area contributed by atoms with Gasteiger partial charge in [0.05, 0.1) is 16.8 Å². The number of carbonyl (C=O) groups excluding carboxylic acids is 1. The number of amides is 1. The van der Waals surface area contributed by atoms with Gasteiger partial charge in [0, 0.05) is 18.7 Å². The number of nitrogens with zero attached hydrogens (tertiary/aromatic N) is 4. The number of benzene rings is 1. The number of nitro groups is 1. The van der Waals surface area contributed by atoms with E-state index in [2.05, 4.69) is 15.6 Å². The zero-order valence-electron chi connectivity index (χ0n) is 11.1. The van der Waals surface area contributed by atoms with E-state index >= 15 is 0 Å². The number of hydrogen-bond acceptors (Lipinski definition) is 6. The molecule has 1 aromatic carbocycles. The molecule has 0 spiro atoms. The van der Waals surface area contributed by atoms with Gasteiger partial charge in [-0.15, -0.1) is 5.10 Å². The van der Waals surface area contributed by atoms with E-state index in [1.807, 2.05) is 0 Å². The summed E-state index contributed by atoms with van der Waals surface area (Å²) in [5.74, 6) is -0.361. The lowest BCUT2D eigenvalue weighted by molar-refractivity contribution is -0.384. The summed E-state index contributed by atoms with van der Waals surface area (Å²) in [6, 6.07) is 5.90. The molecule has 9 heteroatoms. The molecule has 21 heavy (non-hydrogen) atoms. The Kier molecular flexibility index (Phi) is 4.57. The maximum absolute atomic E-state index is 11.8. The van der Waals surface area contributed by atoms with Crippen LogP contribution in [-0.2, 0) is 0 Å². The van der Waals surface area contributed by atoms with Gasteiger partial charge < -0.3 is 11.1 Å². The molecule has 0 fully saturated rings. The minimum Gasteiger partial charge on any atom is -0.351 e. The number of nitrogens with two attached hydrogens (primary N) is 1. The van der Waals surface area contributed by atoms with Crippen molar-refractivity contribution in [3.05, 3.63) is 46.3 Å². The third kappa shape index (κ3) is 3.60. The van der Waals surface area contributed by atoms with E-state index in [-0.39, 0.29) is 17.3 Å². The fraction of sp³-hybridized carbons (Fsp3) is 0.250. The largest absolute Gasteiger partial charge is 0.351 e. The summed E-state index contributed by atoms with van der Waals surface area (Å²) in [5, 5.41) is 20.9. The third-order valence-corrected chi connectivity index (χ3v) is 2.70. The van der Waals surface area contributed by atoms with Crippen molar-refractivity contribution in [3.63, 3.8) is 0 Å². The van der Waals surface area contributed by atoms with Gasteiger partial charge in [-0.3, -0.25) is 14.9 Å². The normalized spacial score (nSPS) is 10.3. The van der Waals surface area contributed by atoms with Gasteiger partial charge in [-0.1, -0.05) is 11.3 Å². The van der Waals surface area contributed by atoms with Crippen molar-refractivity contribution < 1.29 is 9.72 Å². The van der Waals surface area contributed by atoms with Crippen LogP contribution in [0.1, 0.15) is 16.9 Å². The first-order valence-corrected chi connectivity index (χ1v) is 6.27. The summed E-state index contributed by atoms with van der Waals surface area (Å²) >= 11 is 0. The van der Waals surface area contributed by atoms with Crippen molar-refractivity contribution in [1.82, 2.24) is 20.3 Å². The average molecular weight is 290 g/mol. The second kappa shape index (κ2) is 6.57.